The van der Waals surface area contributed by atoms with E-state index in [2.05, 4.69) is 15.4 Å². The van der Waals surface area contributed by atoms with Crippen molar-refractivity contribution in [2.75, 3.05) is 33.4 Å². The molecule has 0 bridgehead atoms. The molecule has 2 N–H and O–H groups in total. The molecule has 0 aliphatic heterocycles. The van der Waals surface area contributed by atoms with Gasteiger partial charge in [0.1, 0.15) is 0 Å². The molecule has 7 nitrogen and oxygen atoms in total. The smallest absolute Gasteiger partial charge is 0.396 e. The maximum Gasteiger partial charge on any atom is 0.396 e. The van der Waals surface area contributed by atoms with Crippen LogP contribution in [-0.2, 0) is 23.9 Å². The van der Waals surface area contributed by atoms with Gasteiger partial charge in [0, 0.05) is 13.7 Å². The zero-order valence-electron chi connectivity index (χ0n) is 9.37. The predicted octanol–water partition coefficient (Wildman–Crippen LogP) is -1.57. The number of ether oxygens (including phenoxy) is 2. The van der Waals surface area contributed by atoms with E-state index in [1.165, 1.54) is 7.11 Å². The van der Waals surface area contributed by atoms with E-state index < -0.39 is 17.8 Å². The number of hydrogen-bond donors (Lipinski definition) is 2. The van der Waals surface area contributed by atoms with Crippen LogP contribution in [0.15, 0.2) is 0 Å². The van der Waals surface area contributed by atoms with E-state index in [1.54, 1.807) is 6.92 Å². The second-order valence-corrected chi connectivity index (χ2v) is 2.75. The fourth-order valence-electron chi connectivity index (χ4n) is 0.784. The molecule has 0 atom stereocenters. The van der Waals surface area contributed by atoms with Crippen molar-refractivity contribution in [3.63, 3.8) is 0 Å². The van der Waals surface area contributed by atoms with Crippen LogP contribution < -0.4 is 10.6 Å². The summed E-state index contributed by atoms with van der Waals surface area (Å²) in [4.78, 5) is 32.9. The predicted molar refractivity (Wildman–Crippen MR) is 54.5 cm³/mol. The summed E-state index contributed by atoms with van der Waals surface area (Å²) in [6.07, 6.45) is 0. The van der Waals surface area contributed by atoms with Gasteiger partial charge < -0.3 is 20.1 Å². The van der Waals surface area contributed by atoms with Crippen molar-refractivity contribution in [1.82, 2.24) is 10.6 Å². The topological polar surface area (TPSA) is 93.7 Å². The van der Waals surface area contributed by atoms with Crippen LogP contribution in [0.4, 0.5) is 0 Å². The second kappa shape index (κ2) is 8.66. The van der Waals surface area contributed by atoms with Crippen molar-refractivity contribution >= 4 is 17.8 Å². The Kier molecular flexibility index (Phi) is 7.78. The first kappa shape index (κ1) is 14.4. The Morgan fingerprint density at radius 3 is 2.44 bits per heavy atom. The first-order valence-corrected chi connectivity index (χ1v) is 4.82. The maximum atomic E-state index is 11.1. The maximum absolute atomic E-state index is 11.1. The zero-order valence-corrected chi connectivity index (χ0v) is 9.37. The lowest BCUT2D eigenvalue weighted by Crippen LogP contribution is -2.41. The molecular weight excluding hydrogens is 216 g/mol. The van der Waals surface area contributed by atoms with Gasteiger partial charge in [-0.3, -0.25) is 9.59 Å². The lowest BCUT2D eigenvalue weighted by Gasteiger charge is -2.05. The molecule has 0 saturated heterocycles. The molecule has 7 heteroatoms. The highest BCUT2D eigenvalue weighted by Gasteiger charge is 2.14. The van der Waals surface area contributed by atoms with Crippen LogP contribution in [0.25, 0.3) is 0 Å². The number of esters is 1. The standard InChI is InChI=1S/C9H16N2O5/c1-3-16-9(14)8(13)11-6-7(12)10-4-5-15-2/h3-6H2,1-2H3,(H,10,12)(H,11,13). The molecule has 0 rings (SSSR count). The highest BCUT2D eigenvalue weighted by molar-refractivity contribution is 6.32. The lowest BCUT2D eigenvalue weighted by atomic mass is 10.5. The van der Waals surface area contributed by atoms with Crippen molar-refractivity contribution in [3.05, 3.63) is 0 Å². The van der Waals surface area contributed by atoms with Crippen LogP contribution in [0.2, 0.25) is 0 Å². The first-order chi connectivity index (χ1) is 7.61. The third-order valence-corrected chi connectivity index (χ3v) is 1.50. The Morgan fingerprint density at radius 1 is 1.19 bits per heavy atom. The summed E-state index contributed by atoms with van der Waals surface area (Å²) in [7, 11) is 1.51. The minimum absolute atomic E-state index is 0.117. The Morgan fingerprint density at radius 2 is 1.88 bits per heavy atom. The van der Waals surface area contributed by atoms with Crippen molar-refractivity contribution in [1.29, 1.82) is 0 Å². The number of carbonyl (C=O) groups excluding carboxylic acids is 3. The van der Waals surface area contributed by atoms with Gasteiger partial charge in [0.25, 0.3) is 0 Å². The molecule has 92 valence electrons. The summed E-state index contributed by atoms with van der Waals surface area (Å²) >= 11 is 0. The molecule has 2 amide bonds. The van der Waals surface area contributed by atoms with Crippen molar-refractivity contribution in [2.45, 2.75) is 6.92 Å². The molecule has 0 aromatic carbocycles. The molecule has 0 aliphatic rings. The van der Waals surface area contributed by atoms with Gasteiger partial charge in [-0.1, -0.05) is 0 Å². The average Bonchev–Trinajstić information content (AvgIpc) is 2.26. The molecule has 0 radical (unpaired) electrons. The number of amides is 2. The Balaban J connectivity index is 3.66. The Hall–Kier alpha value is -1.63. The quantitative estimate of drug-likeness (QED) is 0.328. The zero-order chi connectivity index (χ0) is 12.4. The second-order valence-electron chi connectivity index (χ2n) is 2.75. The van der Waals surface area contributed by atoms with Gasteiger partial charge in [0.05, 0.1) is 19.8 Å². The van der Waals surface area contributed by atoms with E-state index in [4.69, 9.17) is 4.74 Å². The van der Waals surface area contributed by atoms with Gasteiger partial charge in [-0.25, -0.2) is 4.79 Å². The molecule has 0 heterocycles. The summed E-state index contributed by atoms with van der Waals surface area (Å²) in [6, 6.07) is 0. The average molecular weight is 232 g/mol. The summed E-state index contributed by atoms with van der Waals surface area (Å²) < 4.78 is 9.14. The fraction of sp³-hybridized carbons (Fsp3) is 0.667. The van der Waals surface area contributed by atoms with Crippen molar-refractivity contribution in [3.8, 4) is 0 Å². The van der Waals surface area contributed by atoms with Crippen LogP contribution in [0, 0.1) is 0 Å². The largest absolute Gasteiger partial charge is 0.459 e. The number of nitrogens with one attached hydrogen (secondary N) is 2. The molecule has 0 unspecified atom stereocenters. The minimum Gasteiger partial charge on any atom is -0.459 e. The van der Waals surface area contributed by atoms with Gasteiger partial charge in [-0.2, -0.15) is 0 Å². The first-order valence-electron chi connectivity index (χ1n) is 4.82. The van der Waals surface area contributed by atoms with E-state index in [0.29, 0.717) is 13.2 Å². The van der Waals surface area contributed by atoms with Crippen LogP contribution in [0.1, 0.15) is 6.92 Å². The molecule has 0 spiro atoms. The van der Waals surface area contributed by atoms with E-state index in [0.717, 1.165) is 0 Å². The number of rotatable bonds is 6. The number of carbonyl (C=O) groups is 3. The Bertz CT molecular complexity index is 254. The summed E-state index contributed by atoms with van der Waals surface area (Å²) in [5.41, 5.74) is 0. The van der Waals surface area contributed by atoms with E-state index in [-0.39, 0.29) is 13.2 Å². The third kappa shape index (κ3) is 6.77. The van der Waals surface area contributed by atoms with E-state index >= 15 is 0 Å². The van der Waals surface area contributed by atoms with Gasteiger partial charge in [-0.05, 0) is 6.92 Å². The highest BCUT2D eigenvalue weighted by atomic mass is 16.5. The third-order valence-electron chi connectivity index (χ3n) is 1.50. The molecule has 0 aliphatic carbocycles. The van der Waals surface area contributed by atoms with Gasteiger partial charge in [0.2, 0.25) is 5.91 Å². The van der Waals surface area contributed by atoms with Crippen molar-refractivity contribution < 1.29 is 23.9 Å². The summed E-state index contributed by atoms with van der Waals surface area (Å²) in [6.45, 7) is 2.18. The minimum atomic E-state index is -0.993. The number of hydrogen-bond acceptors (Lipinski definition) is 5. The molecule has 0 saturated carbocycles. The van der Waals surface area contributed by atoms with Crippen LogP contribution in [0.3, 0.4) is 0 Å². The molecule has 0 aromatic rings. The monoisotopic (exact) mass is 232 g/mol. The molecule has 16 heavy (non-hydrogen) atoms. The van der Waals surface area contributed by atoms with Crippen molar-refractivity contribution in [2.24, 2.45) is 0 Å². The fourth-order valence-corrected chi connectivity index (χ4v) is 0.784. The molecule has 0 fully saturated rings. The van der Waals surface area contributed by atoms with Gasteiger partial charge in [0.15, 0.2) is 0 Å². The lowest BCUT2D eigenvalue weighted by molar-refractivity contribution is -0.154. The Labute approximate surface area is 93.5 Å². The van der Waals surface area contributed by atoms with Crippen LogP contribution in [-0.4, -0.2) is 51.2 Å². The van der Waals surface area contributed by atoms with Gasteiger partial charge >= 0.3 is 11.9 Å². The van der Waals surface area contributed by atoms with Crippen LogP contribution >= 0.6 is 0 Å². The summed E-state index contributed by atoms with van der Waals surface area (Å²) in [5.74, 6) is -2.31. The van der Waals surface area contributed by atoms with E-state index in [9.17, 15) is 14.4 Å². The highest BCUT2D eigenvalue weighted by Crippen LogP contribution is 1.77. The van der Waals surface area contributed by atoms with Gasteiger partial charge in [-0.15, -0.1) is 0 Å². The number of methoxy groups -OCH3 is 1. The normalized spacial score (nSPS) is 9.38. The van der Waals surface area contributed by atoms with Crippen LogP contribution in [0.5, 0.6) is 0 Å². The molecule has 0 aromatic heterocycles. The van der Waals surface area contributed by atoms with E-state index in [1.807, 2.05) is 0 Å². The molecular formula is C9H16N2O5. The SMILES string of the molecule is CCOC(=O)C(=O)NCC(=O)NCCOC. The summed E-state index contributed by atoms with van der Waals surface area (Å²) in [5, 5.41) is 4.61.